The Balaban J connectivity index is 1.69. The number of aromatic nitrogens is 2. The molecular formula is C26H26F4N4O4S. The summed E-state index contributed by atoms with van der Waals surface area (Å²) >= 11 is 0. The van der Waals surface area contributed by atoms with Gasteiger partial charge in [0.05, 0.1) is 17.7 Å². The van der Waals surface area contributed by atoms with E-state index in [1.807, 2.05) is 0 Å². The van der Waals surface area contributed by atoms with Crippen LogP contribution in [0.2, 0.25) is 0 Å². The number of aryl methyl sites for hydroxylation is 1. The number of carboxylic acids is 1. The summed E-state index contributed by atoms with van der Waals surface area (Å²) in [6.45, 7) is 2.35. The first-order chi connectivity index (χ1) is 18.4. The Kier molecular flexibility index (Phi) is 8.09. The zero-order chi connectivity index (χ0) is 28.4. The monoisotopic (exact) mass is 566 g/mol. The highest BCUT2D eigenvalue weighted by molar-refractivity contribution is 7.92. The molecule has 0 saturated heterocycles. The van der Waals surface area contributed by atoms with Crippen molar-refractivity contribution in [2.45, 2.75) is 43.8 Å². The van der Waals surface area contributed by atoms with Gasteiger partial charge in [-0.15, -0.1) is 0 Å². The molecule has 0 atom stereocenters. The molecule has 0 radical (unpaired) electrons. The molecule has 208 valence electrons. The van der Waals surface area contributed by atoms with E-state index in [-0.39, 0.29) is 24.3 Å². The summed E-state index contributed by atoms with van der Waals surface area (Å²) in [5.74, 6) is -1.54. The number of nitrogens with one attached hydrogen (secondary N) is 1. The van der Waals surface area contributed by atoms with Gasteiger partial charge in [0.15, 0.2) is 5.03 Å². The van der Waals surface area contributed by atoms with Crippen molar-refractivity contribution in [1.29, 1.82) is 0 Å². The smallest absolute Gasteiger partial charge is 0.418 e. The van der Waals surface area contributed by atoms with Gasteiger partial charge in [-0.25, -0.2) is 14.4 Å². The van der Waals surface area contributed by atoms with Crippen LogP contribution in [0.3, 0.4) is 0 Å². The molecule has 1 fully saturated rings. The summed E-state index contributed by atoms with van der Waals surface area (Å²) in [6, 6.07) is 9.22. The number of benzene rings is 1. The predicted molar refractivity (Wildman–Crippen MR) is 136 cm³/mol. The third-order valence-electron chi connectivity index (χ3n) is 6.23. The van der Waals surface area contributed by atoms with Crippen LogP contribution in [0.4, 0.5) is 29.2 Å². The normalized spacial score (nSPS) is 13.8. The molecule has 3 aromatic rings. The van der Waals surface area contributed by atoms with Crippen molar-refractivity contribution in [2.24, 2.45) is 5.92 Å². The largest absolute Gasteiger partial charge is 0.481 e. The molecule has 1 saturated carbocycles. The van der Waals surface area contributed by atoms with E-state index in [2.05, 4.69) is 14.7 Å². The van der Waals surface area contributed by atoms with Gasteiger partial charge in [-0.1, -0.05) is 19.1 Å². The molecule has 4 rings (SSSR count). The molecule has 0 aliphatic heterocycles. The number of hydrogen-bond donors (Lipinski definition) is 2. The maximum absolute atomic E-state index is 14.0. The Labute approximate surface area is 222 Å². The standard InChI is InChI=1S/C26H26F4N4O4S/c1-2-17-8-9-18(27)14-19(17)25-20(26(28,29)30)10-11-21(31-25)33-39(37,38)23-5-3-4-22(32-23)34(13-12-24(35)36)15-16-6-7-16/h3-5,8-11,14,16H,2,6-7,12-13,15H2,1H3,(H,31,33)(H,35,36). The molecule has 2 heterocycles. The topological polar surface area (TPSA) is 112 Å². The molecule has 2 N–H and O–H groups in total. The Bertz CT molecular complexity index is 1480. The highest BCUT2D eigenvalue weighted by Crippen LogP contribution is 2.38. The summed E-state index contributed by atoms with van der Waals surface area (Å²) in [5, 5.41) is 8.66. The van der Waals surface area contributed by atoms with Crippen molar-refractivity contribution in [3.8, 4) is 11.3 Å². The maximum Gasteiger partial charge on any atom is 0.418 e. The fourth-order valence-electron chi connectivity index (χ4n) is 4.09. The number of nitrogens with zero attached hydrogens (tertiary/aromatic N) is 3. The van der Waals surface area contributed by atoms with E-state index in [4.69, 9.17) is 5.11 Å². The first kappa shape index (κ1) is 28.3. The molecule has 1 aromatic carbocycles. The van der Waals surface area contributed by atoms with Gasteiger partial charge >= 0.3 is 12.1 Å². The molecule has 1 aliphatic rings. The average Bonchev–Trinajstić information content (AvgIpc) is 3.70. The second-order valence-corrected chi connectivity index (χ2v) is 10.8. The zero-order valence-electron chi connectivity index (χ0n) is 20.9. The Morgan fingerprint density at radius 3 is 2.51 bits per heavy atom. The second-order valence-electron chi connectivity index (χ2n) is 9.22. The molecule has 2 aromatic heterocycles. The number of alkyl halides is 3. The minimum absolute atomic E-state index is 0.0971. The summed E-state index contributed by atoms with van der Waals surface area (Å²) in [7, 11) is -4.41. The molecule has 39 heavy (non-hydrogen) atoms. The van der Waals surface area contributed by atoms with Gasteiger partial charge in [0.1, 0.15) is 17.5 Å². The van der Waals surface area contributed by atoms with Crippen molar-refractivity contribution in [1.82, 2.24) is 9.97 Å². The third-order valence-corrected chi connectivity index (χ3v) is 7.48. The first-order valence-corrected chi connectivity index (χ1v) is 13.7. The Morgan fingerprint density at radius 2 is 1.87 bits per heavy atom. The fourth-order valence-corrected chi connectivity index (χ4v) is 5.05. The summed E-state index contributed by atoms with van der Waals surface area (Å²) in [6.07, 6.45) is -2.73. The molecule has 0 unspecified atom stereocenters. The molecule has 13 heteroatoms. The van der Waals surface area contributed by atoms with Crippen LogP contribution in [-0.4, -0.2) is 42.6 Å². The van der Waals surface area contributed by atoms with Crippen molar-refractivity contribution in [3.05, 3.63) is 65.5 Å². The van der Waals surface area contributed by atoms with Gasteiger partial charge in [-0.05, 0) is 67.1 Å². The molecule has 0 spiro atoms. The van der Waals surface area contributed by atoms with E-state index < -0.39 is 50.1 Å². The summed E-state index contributed by atoms with van der Waals surface area (Å²) in [4.78, 5) is 20.9. The number of carbonyl (C=O) groups is 1. The van der Waals surface area contributed by atoms with Crippen LogP contribution in [0, 0.1) is 11.7 Å². The highest BCUT2D eigenvalue weighted by Gasteiger charge is 2.35. The number of sulfonamides is 1. The zero-order valence-corrected chi connectivity index (χ0v) is 21.7. The van der Waals surface area contributed by atoms with Gasteiger partial charge in [0.25, 0.3) is 10.0 Å². The Hall–Kier alpha value is -3.74. The van der Waals surface area contributed by atoms with E-state index in [1.54, 1.807) is 17.9 Å². The predicted octanol–water partition coefficient (Wildman–Crippen LogP) is 5.36. The molecule has 1 aliphatic carbocycles. The average molecular weight is 567 g/mol. The Morgan fingerprint density at radius 1 is 1.13 bits per heavy atom. The first-order valence-electron chi connectivity index (χ1n) is 12.2. The van der Waals surface area contributed by atoms with Crippen LogP contribution >= 0.6 is 0 Å². The minimum Gasteiger partial charge on any atom is -0.481 e. The quantitative estimate of drug-likeness (QED) is 0.301. The molecule has 8 nitrogen and oxygen atoms in total. The summed E-state index contributed by atoms with van der Waals surface area (Å²) in [5.41, 5.74) is -1.44. The van der Waals surface area contributed by atoms with Crippen molar-refractivity contribution >= 4 is 27.6 Å². The van der Waals surface area contributed by atoms with E-state index in [1.165, 1.54) is 18.2 Å². The molecule has 0 amide bonds. The van der Waals surface area contributed by atoms with E-state index in [0.717, 1.165) is 31.0 Å². The number of halogens is 4. The molecular weight excluding hydrogens is 540 g/mol. The lowest BCUT2D eigenvalue weighted by atomic mass is 9.98. The van der Waals surface area contributed by atoms with Crippen LogP contribution in [0.25, 0.3) is 11.3 Å². The van der Waals surface area contributed by atoms with Gasteiger partial charge in [0, 0.05) is 18.7 Å². The van der Waals surface area contributed by atoms with Crippen molar-refractivity contribution in [3.63, 3.8) is 0 Å². The number of anilines is 2. The number of hydrogen-bond acceptors (Lipinski definition) is 6. The van der Waals surface area contributed by atoms with E-state index >= 15 is 0 Å². The number of pyridine rings is 2. The number of carboxylic acid groups (broad SMARTS) is 1. The lowest BCUT2D eigenvalue weighted by Gasteiger charge is -2.23. The number of rotatable bonds is 11. The van der Waals surface area contributed by atoms with Crippen LogP contribution in [-0.2, 0) is 27.4 Å². The van der Waals surface area contributed by atoms with E-state index in [9.17, 15) is 30.8 Å². The van der Waals surface area contributed by atoms with E-state index in [0.29, 0.717) is 30.5 Å². The van der Waals surface area contributed by atoms with Gasteiger partial charge in [0.2, 0.25) is 0 Å². The fraction of sp³-hybridized carbons (Fsp3) is 0.346. The second kappa shape index (κ2) is 11.2. The van der Waals surface area contributed by atoms with Gasteiger partial charge < -0.3 is 10.0 Å². The van der Waals surface area contributed by atoms with Crippen LogP contribution in [0.15, 0.2) is 53.6 Å². The van der Waals surface area contributed by atoms with Gasteiger partial charge in [-0.2, -0.15) is 21.6 Å². The van der Waals surface area contributed by atoms with Crippen molar-refractivity contribution < 1.29 is 35.9 Å². The minimum atomic E-state index is -4.83. The SMILES string of the molecule is CCc1ccc(F)cc1-c1nc(NS(=O)(=O)c2cccc(N(CCC(=O)O)CC3CC3)n2)ccc1C(F)(F)F. The van der Waals surface area contributed by atoms with Gasteiger partial charge in [-0.3, -0.25) is 9.52 Å². The van der Waals surface area contributed by atoms with Crippen molar-refractivity contribution in [2.75, 3.05) is 22.7 Å². The summed E-state index contributed by atoms with van der Waals surface area (Å²) < 4.78 is 84.0. The third kappa shape index (κ3) is 7.02. The lowest BCUT2D eigenvalue weighted by Crippen LogP contribution is -2.29. The lowest BCUT2D eigenvalue weighted by molar-refractivity contribution is -0.138. The molecule has 0 bridgehead atoms. The van der Waals surface area contributed by atoms with Crippen LogP contribution in [0.5, 0.6) is 0 Å². The highest BCUT2D eigenvalue weighted by atomic mass is 32.2. The van der Waals surface area contributed by atoms with Crippen LogP contribution < -0.4 is 9.62 Å². The van der Waals surface area contributed by atoms with Crippen LogP contribution in [0.1, 0.15) is 37.3 Å². The number of aliphatic carboxylic acids is 1. The maximum atomic E-state index is 14.0.